The number of aromatic nitrogens is 4. The molecule has 1 fully saturated rings. The summed E-state index contributed by atoms with van der Waals surface area (Å²) in [6.07, 6.45) is 3.53. The highest BCUT2D eigenvalue weighted by atomic mass is 16.7. The third-order valence-electron chi connectivity index (χ3n) is 5.48. The van der Waals surface area contributed by atoms with E-state index in [-0.39, 0.29) is 18.2 Å². The Labute approximate surface area is 187 Å². The molecule has 0 bridgehead atoms. The Hall–Kier alpha value is -3.21. The number of urea groups is 1. The Bertz CT molecular complexity index is 1060. The average molecular weight is 440 g/mol. The fourth-order valence-electron chi connectivity index (χ4n) is 3.75. The molecule has 10 heteroatoms. The number of aryl methyl sites for hydroxylation is 1. The van der Waals surface area contributed by atoms with E-state index < -0.39 is 0 Å². The van der Waals surface area contributed by atoms with Crippen molar-refractivity contribution in [2.45, 2.75) is 26.0 Å². The normalized spacial score (nSPS) is 18.8. The highest BCUT2D eigenvalue weighted by molar-refractivity contribution is 5.91. The highest BCUT2D eigenvalue weighted by Gasteiger charge is 2.32. The molecule has 10 nitrogen and oxygen atoms in total. The van der Waals surface area contributed by atoms with Gasteiger partial charge in [-0.05, 0) is 26.0 Å². The molecule has 0 unspecified atom stereocenters. The second kappa shape index (κ2) is 9.51. The summed E-state index contributed by atoms with van der Waals surface area (Å²) in [7, 11) is 3.51. The van der Waals surface area contributed by atoms with Crippen LogP contribution in [0.3, 0.4) is 0 Å². The number of nitrogens with zero attached hydrogens (tertiary/aromatic N) is 5. The summed E-state index contributed by atoms with van der Waals surface area (Å²) in [5.41, 5.74) is 3.36. The monoisotopic (exact) mass is 439 g/mol. The first-order valence-corrected chi connectivity index (χ1v) is 10.6. The van der Waals surface area contributed by atoms with Crippen molar-refractivity contribution in [1.29, 1.82) is 0 Å². The van der Waals surface area contributed by atoms with Crippen LogP contribution in [0.4, 0.5) is 10.6 Å². The van der Waals surface area contributed by atoms with Crippen LogP contribution in [0.15, 0.2) is 42.7 Å². The smallest absolute Gasteiger partial charge is 0.320 e. The summed E-state index contributed by atoms with van der Waals surface area (Å²) >= 11 is 0. The van der Waals surface area contributed by atoms with E-state index in [2.05, 4.69) is 15.7 Å². The van der Waals surface area contributed by atoms with Crippen LogP contribution in [0.2, 0.25) is 0 Å². The largest absolute Gasteiger partial charge is 0.383 e. The van der Waals surface area contributed by atoms with Gasteiger partial charge < -0.3 is 10.1 Å². The molecule has 4 rings (SSSR count). The molecule has 2 aromatic heterocycles. The second-order valence-electron chi connectivity index (χ2n) is 7.87. The average Bonchev–Trinajstić information content (AvgIpc) is 3.45. The third kappa shape index (κ3) is 4.67. The molecule has 1 aliphatic rings. The van der Waals surface area contributed by atoms with E-state index in [0.29, 0.717) is 25.5 Å². The molecule has 32 heavy (non-hydrogen) atoms. The minimum absolute atomic E-state index is 0.135. The molecule has 3 heterocycles. The molecule has 2 atom stereocenters. The maximum Gasteiger partial charge on any atom is 0.320 e. The molecule has 3 aromatic rings. The van der Waals surface area contributed by atoms with E-state index in [4.69, 9.17) is 14.7 Å². The minimum atomic E-state index is -0.308. The fraction of sp³-hybridized carbons (Fsp3) is 0.409. The SMILES string of the molecule is COCCN1C[C@@H](NC(=O)Nc2c(C)c(-c3cnn(C)c3)nn2-c2ccccc2)[C@H](C)O1. The van der Waals surface area contributed by atoms with Gasteiger partial charge >= 0.3 is 6.03 Å². The zero-order chi connectivity index (χ0) is 22.7. The molecule has 0 spiro atoms. The van der Waals surface area contributed by atoms with Crippen molar-refractivity contribution >= 4 is 11.8 Å². The lowest BCUT2D eigenvalue weighted by atomic mass is 10.1. The third-order valence-corrected chi connectivity index (χ3v) is 5.48. The van der Waals surface area contributed by atoms with E-state index >= 15 is 0 Å². The highest BCUT2D eigenvalue weighted by Crippen LogP contribution is 2.30. The Kier molecular flexibility index (Phi) is 6.54. The number of nitrogens with one attached hydrogen (secondary N) is 2. The molecule has 1 aromatic carbocycles. The van der Waals surface area contributed by atoms with Crippen molar-refractivity contribution in [2.75, 3.05) is 32.1 Å². The molecule has 2 N–H and O–H groups in total. The number of hydroxylamine groups is 2. The number of carbonyl (C=O) groups is 1. The second-order valence-corrected chi connectivity index (χ2v) is 7.87. The van der Waals surface area contributed by atoms with Crippen LogP contribution in [0.1, 0.15) is 12.5 Å². The van der Waals surface area contributed by atoms with E-state index in [0.717, 1.165) is 22.5 Å². The van der Waals surface area contributed by atoms with Gasteiger partial charge in [0.1, 0.15) is 11.5 Å². The maximum absolute atomic E-state index is 12.9. The van der Waals surface area contributed by atoms with Gasteiger partial charge in [0.25, 0.3) is 0 Å². The van der Waals surface area contributed by atoms with E-state index in [1.807, 2.05) is 62.5 Å². The summed E-state index contributed by atoms with van der Waals surface area (Å²) in [6, 6.07) is 9.26. The molecule has 1 aliphatic heterocycles. The predicted molar refractivity (Wildman–Crippen MR) is 120 cm³/mol. The number of ether oxygens (including phenoxy) is 1. The van der Waals surface area contributed by atoms with Gasteiger partial charge in [-0.3, -0.25) is 14.8 Å². The molecular weight excluding hydrogens is 410 g/mol. The first-order valence-electron chi connectivity index (χ1n) is 10.6. The first-order chi connectivity index (χ1) is 15.5. The number of hydrogen-bond donors (Lipinski definition) is 2. The zero-order valence-corrected chi connectivity index (χ0v) is 18.8. The van der Waals surface area contributed by atoms with Crippen molar-refractivity contribution in [3.05, 3.63) is 48.3 Å². The summed E-state index contributed by atoms with van der Waals surface area (Å²) < 4.78 is 8.58. The fourth-order valence-corrected chi connectivity index (χ4v) is 3.75. The molecule has 170 valence electrons. The van der Waals surface area contributed by atoms with Crippen molar-refractivity contribution in [3.63, 3.8) is 0 Å². The molecule has 2 amide bonds. The van der Waals surface area contributed by atoms with Crippen LogP contribution in [0, 0.1) is 6.92 Å². The lowest BCUT2D eigenvalue weighted by Gasteiger charge is -2.16. The van der Waals surface area contributed by atoms with Gasteiger partial charge in [0.15, 0.2) is 0 Å². The van der Waals surface area contributed by atoms with Crippen LogP contribution in [0.25, 0.3) is 16.9 Å². The van der Waals surface area contributed by atoms with Crippen LogP contribution in [-0.4, -0.2) is 69.6 Å². The zero-order valence-electron chi connectivity index (χ0n) is 18.8. The van der Waals surface area contributed by atoms with Crippen LogP contribution >= 0.6 is 0 Å². The lowest BCUT2D eigenvalue weighted by molar-refractivity contribution is -0.146. The van der Waals surface area contributed by atoms with Gasteiger partial charge in [-0.2, -0.15) is 15.3 Å². The molecule has 0 saturated carbocycles. The number of carbonyl (C=O) groups excluding carboxylic acids is 1. The Morgan fingerprint density at radius 3 is 2.78 bits per heavy atom. The summed E-state index contributed by atoms with van der Waals surface area (Å²) in [5, 5.41) is 16.9. The predicted octanol–water partition coefficient (Wildman–Crippen LogP) is 2.35. The summed E-state index contributed by atoms with van der Waals surface area (Å²) in [4.78, 5) is 18.7. The Morgan fingerprint density at radius 1 is 1.31 bits per heavy atom. The van der Waals surface area contributed by atoms with Gasteiger partial charge in [-0.1, -0.05) is 18.2 Å². The Balaban J connectivity index is 1.56. The lowest BCUT2D eigenvalue weighted by Crippen LogP contribution is -2.44. The van der Waals surface area contributed by atoms with Gasteiger partial charge in [-0.15, -0.1) is 0 Å². The van der Waals surface area contributed by atoms with Gasteiger partial charge in [0.2, 0.25) is 0 Å². The van der Waals surface area contributed by atoms with E-state index in [9.17, 15) is 4.79 Å². The molecule has 1 saturated heterocycles. The number of para-hydroxylation sites is 1. The Morgan fingerprint density at radius 2 is 2.09 bits per heavy atom. The topological polar surface area (TPSA) is 98.5 Å². The molecule has 0 aliphatic carbocycles. The van der Waals surface area contributed by atoms with Crippen molar-refractivity contribution < 1.29 is 14.4 Å². The van der Waals surface area contributed by atoms with Crippen molar-refractivity contribution in [1.82, 2.24) is 29.9 Å². The van der Waals surface area contributed by atoms with Gasteiger partial charge in [0.05, 0.1) is 30.6 Å². The quantitative estimate of drug-likeness (QED) is 0.586. The van der Waals surface area contributed by atoms with Crippen molar-refractivity contribution in [3.8, 4) is 16.9 Å². The van der Waals surface area contributed by atoms with Crippen LogP contribution in [-0.2, 0) is 16.6 Å². The van der Waals surface area contributed by atoms with Crippen LogP contribution < -0.4 is 10.6 Å². The number of benzene rings is 1. The summed E-state index contributed by atoms with van der Waals surface area (Å²) in [5.74, 6) is 0.607. The first kappa shape index (κ1) is 22.0. The number of methoxy groups -OCH3 is 1. The number of rotatable bonds is 7. The number of hydrogen-bond acceptors (Lipinski definition) is 6. The minimum Gasteiger partial charge on any atom is -0.383 e. The number of amides is 2. The van der Waals surface area contributed by atoms with Crippen molar-refractivity contribution in [2.24, 2.45) is 7.05 Å². The standard InChI is InChI=1S/C22H29N7O3/c1-15-20(17-12-23-27(3)13-17)26-29(18-8-6-5-7-9-18)21(15)25-22(30)24-19-14-28(10-11-31-4)32-16(19)2/h5-9,12-13,16,19H,10-11,14H2,1-4H3,(H2,24,25,30)/t16-,19+/m0/s1. The molecular formula is C22H29N7O3. The molecule has 0 radical (unpaired) electrons. The van der Waals surface area contributed by atoms with E-state index in [1.54, 1.807) is 22.7 Å². The van der Waals surface area contributed by atoms with Gasteiger partial charge in [-0.25, -0.2) is 9.48 Å². The summed E-state index contributed by atoms with van der Waals surface area (Å²) in [6.45, 7) is 5.69. The number of anilines is 1. The maximum atomic E-state index is 12.9. The van der Waals surface area contributed by atoms with Crippen LogP contribution in [0.5, 0.6) is 0 Å². The van der Waals surface area contributed by atoms with E-state index in [1.165, 1.54) is 0 Å². The van der Waals surface area contributed by atoms with Gasteiger partial charge in [0, 0.05) is 44.6 Å².